The molecule has 200 valence electrons. The first-order chi connectivity index (χ1) is 17.5. The molecule has 0 radical (unpaired) electrons. The molecule has 0 bridgehead atoms. The number of hydrogen-bond donors (Lipinski definition) is 1. The highest BCUT2D eigenvalue weighted by Gasteiger charge is 2.42. The van der Waals surface area contributed by atoms with Crippen LogP contribution in [0.25, 0.3) is 6.08 Å². The molecule has 0 spiro atoms. The predicted octanol–water partition coefficient (Wildman–Crippen LogP) is 6.01. The van der Waals surface area contributed by atoms with E-state index in [1.165, 1.54) is 25.1 Å². The second-order valence-corrected chi connectivity index (χ2v) is 9.73. The molecule has 1 N–H and O–H groups in total. The minimum atomic E-state index is -4.61. The van der Waals surface area contributed by atoms with Crippen molar-refractivity contribution in [2.24, 2.45) is 0 Å². The molecule has 0 aliphatic carbocycles. The van der Waals surface area contributed by atoms with E-state index in [0.29, 0.717) is 31.5 Å². The summed E-state index contributed by atoms with van der Waals surface area (Å²) in [4.78, 5) is 14.5. The maximum atomic E-state index is 15.5. The summed E-state index contributed by atoms with van der Waals surface area (Å²) in [5.41, 5.74) is 1.33. The number of fused-ring (bicyclic) bond motifs is 1. The molecule has 2 aliphatic rings. The van der Waals surface area contributed by atoms with Crippen LogP contribution in [0.2, 0.25) is 0 Å². The van der Waals surface area contributed by atoms with Crippen LogP contribution in [0.1, 0.15) is 58.4 Å². The minimum Gasteiger partial charge on any atom is -0.478 e. The first-order valence-electron chi connectivity index (χ1n) is 12.1. The third-order valence-corrected chi connectivity index (χ3v) is 6.99. The van der Waals surface area contributed by atoms with Gasteiger partial charge in [-0.25, -0.2) is 13.6 Å². The van der Waals surface area contributed by atoms with Crippen LogP contribution >= 0.6 is 0 Å². The molecule has 1 saturated heterocycles. The highest BCUT2D eigenvalue weighted by Crippen LogP contribution is 2.42. The molecule has 0 amide bonds. The molecular formula is C27H28F6N2O2. The topological polar surface area (TPSA) is 43.8 Å². The van der Waals surface area contributed by atoms with Gasteiger partial charge >= 0.3 is 12.1 Å². The van der Waals surface area contributed by atoms with Crippen LogP contribution in [0.4, 0.5) is 26.3 Å². The highest BCUT2D eigenvalue weighted by molar-refractivity contribution is 5.88. The lowest BCUT2D eigenvalue weighted by atomic mass is 9.83. The van der Waals surface area contributed by atoms with Crippen molar-refractivity contribution in [2.45, 2.75) is 44.4 Å². The van der Waals surface area contributed by atoms with Crippen LogP contribution < -0.4 is 0 Å². The van der Waals surface area contributed by atoms with Crippen molar-refractivity contribution < 1.29 is 36.2 Å². The van der Waals surface area contributed by atoms with Crippen LogP contribution in [0, 0.1) is 11.6 Å². The number of hydrogen-bond acceptors (Lipinski definition) is 3. The number of nitrogens with zero attached hydrogens (tertiary/aromatic N) is 2. The van der Waals surface area contributed by atoms with E-state index in [1.54, 1.807) is 6.08 Å². The Labute approximate surface area is 211 Å². The zero-order valence-corrected chi connectivity index (χ0v) is 20.3. The summed E-state index contributed by atoms with van der Waals surface area (Å²) in [6, 6.07) is 4.04. The summed E-state index contributed by atoms with van der Waals surface area (Å²) in [6.07, 6.45) is -1.76. The van der Waals surface area contributed by atoms with Gasteiger partial charge in [0.25, 0.3) is 0 Å². The van der Waals surface area contributed by atoms with Crippen molar-refractivity contribution in [2.75, 3.05) is 32.9 Å². The Morgan fingerprint density at radius 3 is 2.49 bits per heavy atom. The van der Waals surface area contributed by atoms with E-state index < -0.39 is 54.6 Å². The van der Waals surface area contributed by atoms with Gasteiger partial charge in [0.15, 0.2) is 0 Å². The Morgan fingerprint density at radius 2 is 1.86 bits per heavy atom. The molecule has 4 rings (SSSR count). The Balaban J connectivity index is 1.73. The van der Waals surface area contributed by atoms with E-state index in [1.807, 2.05) is 4.90 Å². The summed E-state index contributed by atoms with van der Waals surface area (Å²) < 4.78 is 84.0. The Kier molecular flexibility index (Phi) is 7.99. The summed E-state index contributed by atoms with van der Waals surface area (Å²) in [7, 11) is 0. The van der Waals surface area contributed by atoms with Gasteiger partial charge in [0.1, 0.15) is 11.6 Å². The first kappa shape index (κ1) is 27.2. The minimum absolute atomic E-state index is 0.0472. The molecule has 0 aromatic heterocycles. The number of halogens is 6. The van der Waals surface area contributed by atoms with Gasteiger partial charge in [0.2, 0.25) is 0 Å². The second-order valence-electron chi connectivity index (χ2n) is 9.73. The van der Waals surface area contributed by atoms with Gasteiger partial charge in [-0.05, 0) is 67.1 Å². The average Bonchev–Trinajstić information content (AvgIpc) is 3.25. The fourth-order valence-electron chi connectivity index (χ4n) is 5.35. The van der Waals surface area contributed by atoms with Gasteiger partial charge in [-0.1, -0.05) is 17.7 Å². The highest BCUT2D eigenvalue weighted by atomic mass is 19.4. The quantitative estimate of drug-likeness (QED) is 0.449. The van der Waals surface area contributed by atoms with E-state index in [2.05, 4.69) is 0 Å². The molecule has 0 unspecified atom stereocenters. The normalized spacial score (nSPS) is 22.0. The average molecular weight is 527 g/mol. The van der Waals surface area contributed by atoms with Crippen LogP contribution in [-0.4, -0.2) is 65.9 Å². The third-order valence-electron chi connectivity index (χ3n) is 6.99. The number of carboxylic acid groups (broad SMARTS) is 1. The molecular weight excluding hydrogens is 498 g/mol. The van der Waals surface area contributed by atoms with E-state index in [9.17, 15) is 27.5 Å². The first-order valence-corrected chi connectivity index (χ1v) is 12.1. The van der Waals surface area contributed by atoms with Crippen molar-refractivity contribution >= 4 is 12.0 Å². The number of benzene rings is 2. The third kappa shape index (κ3) is 6.18. The number of alkyl halides is 4. The van der Waals surface area contributed by atoms with Crippen molar-refractivity contribution in [3.05, 3.63) is 75.4 Å². The largest absolute Gasteiger partial charge is 0.478 e. The van der Waals surface area contributed by atoms with Crippen LogP contribution in [0.15, 0.2) is 35.9 Å². The standard InChI is InChI=1S/C27H28F6N2O2/c1-16-9-20-13-19(26(36)37)3-4-21(20)25(35(16)15-27(31,32)33)24-22(29)11-18(12-23(24)30)10-17-5-8-34(14-17)7-2-6-28/h3-4,10-13,16,25H,2,5-9,14-15H2,1H3,(H,36,37)/b17-10-/t16-,25+/m1/s1. The molecule has 4 nitrogen and oxygen atoms in total. The summed E-state index contributed by atoms with van der Waals surface area (Å²) >= 11 is 0. The van der Waals surface area contributed by atoms with Crippen molar-refractivity contribution in [3.63, 3.8) is 0 Å². The Hall–Kier alpha value is -2.85. The van der Waals surface area contributed by atoms with Crippen molar-refractivity contribution in [3.8, 4) is 0 Å². The summed E-state index contributed by atoms with van der Waals surface area (Å²) in [5.74, 6) is -3.15. The number of carbonyl (C=O) groups is 1. The lowest BCUT2D eigenvalue weighted by molar-refractivity contribution is -0.155. The SMILES string of the molecule is C[C@@H]1Cc2cc(C(=O)O)ccc2[C@@H](c2c(F)cc(/C=C3/CCN(CCCF)C3)cc2F)N1CC(F)(F)F. The predicted molar refractivity (Wildman–Crippen MR) is 127 cm³/mol. The van der Waals surface area contributed by atoms with Gasteiger partial charge < -0.3 is 5.11 Å². The van der Waals surface area contributed by atoms with E-state index in [-0.39, 0.29) is 23.1 Å². The van der Waals surface area contributed by atoms with Gasteiger partial charge in [-0.2, -0.15) is 13.2 Å². The van der Waals surface area contributed by atoms with E-state index in [0.717, 1.165) is 29.2 Å². The van der Waals surface area contributed by atoms with Crippen molar-refractivity contribution in [1.82, 2.24) is 9.80 Å². The molecule has 37 heavy (non-hydrogen) atoms. The van der Waals surface area contributed by atoms with Gasteiger partial charge in [0, 0.05) is 31.2 Å². The number of likely N-dealkylation sites (tertiary alicyclic amines) is 1. The number of rotatable bonds is 7. The second kappa shape index (κ2) is 10.9. The summed E-state index contributed by atoms with van der Waals surface area (Å²) in [6.45, 7) is 1.60. The Bertz CT molecular complexity index is 1170. The molecule has 1 fully saturated rings. The molecule has 2 aromatic rings. The molecule has 2 aliphatic heterocycles. The van der Waals surface area contributed by atoms with Crippen molar-refractivity contribution in [1.29, 1.82) is 0 Å². The smallest absolute Gasteiger partial charge is 0.401 e. The molecule has 2 aromatic carbocycles. The van der Waals surface area contributed by atoms with E-state index in [4.69, 9.17) is 0 Å². The van der Waals surface area contributed by atoms with E-state index >= 15 is 8.78 Å². The lowest BCUT2D eigenvalue weighted by Gasteiger charge is -2.42. The molecule has 2 atom stereocenters. The zero-order chi connectivity index (χ0) is 26.9. The fourth-order valence-corrected chi connectivity index (χ4v) is 5.35. The monoisotopic (exact) mass is 526 g/mol. The maximum absolute atomic E-state index is 15.5. The molecule has 10 heteroatoms. The molecule has 0 saturated carbocycles. The zero-order valence-electron chi connectivity index (χ0n) is 20.3. The number of aromatic carboxylic acids is 1. The summed E-state index contributed by atoms with van der Waals surface area (Å²) in [5, 5.41) is 9.33. The van der Waals surface area contributed by atoms with Crippen LogP contribution in [-0.2, 0) is 6.42 Å². The van der Waals surface area contributed by atoms with Crippen LogP contribution in [0.5, 0.6) is 0 Å². The van der Waals surface area contributed by atoms with Gasteiger partial charge in [-0.15, -0.1) is 0 Å². The number of carboxylic acids is 1. The van der Waals surface area contributed by atoms with Gasteiger partial charge in [0.05, 0.1) is 24.8 Å². The van der Waals surface area contributed by atoms with Crippen LogP contribution in [0.3, 0.4) is 0 Å². The fraction of sp³-hybridized carbons (Fsp3) is 0.444. The maximum Gasteiger partial charge on any atom is 0.401 e. The molecule has 2 heterocycles. The van der Waals surface area contributed by atoms with Gasteiger partial charge in [-0.3, -0.25) is 14.2 Å². The Morgan fingerprint density at radius 1 is 1.16 bits per heavy atom. The lowest BCUT2D eigenvalue weighted by Crippen LogP contribution is -2.47.